The summed E-state index contributed by atoms with van der Waals surface area (Å²) >= 11 is 0. The van der Waals surface area contributed by atoms with E-state index in [-0.39, 0.29) is 24.8 Å². The Bertz CT molecular complexity index is 338. The van der Waals surface area contributed by atoms with Crippen LogP contribution in [0.5, 0.6) is 0 Å². The van der Waals surface area contributed by atoms with Crippen molar-refractivity contribution in [3.8, 4) is 0 Å². The number of rotatable bonds is 9. The third-order valence-electron chi connectivity index (χ3n) is 3.41. The summed E-state index contributed by atoms with van der Waals surface area (Å²) in [5.74, 6) is 0. The Morgan fingerprint density at radius 3 is 2.35 bits per heavy atom. The van der Waals surface area contributed by atoms with E-state index in [1.807, 2.05) is 4.68 Å². The maximum Gasteiger partial charge on any atom is 0.0638 e. The average Bonchev–Trinajstić information content (AvgIpc) is 2.75. The SMILES string of the molecule is CCN(CC)CCCNCc1cn(CC)nc1C.Cl.Cl. The monoisotopic (exact) mass is 324 g/mol. The molecule has 0 fully saturated rings. The molecule has 20 heavy (non-hydrogen) atoms. The van der Waals surface area contributed by atoms with Crippen LogP contribution < -0.4 is 5.32 Å². The van der Waals surface area contributed by atoms with Crippen molar-refractivity contribution in [3.63, 3.8) is 0 Å². The summed E-state index contributed by atoms with van der Waals surface area (Å²) in [5, 5.41) is 7.95. The molecule has 0 bridgehead atoms. The highest BCUT2D eigenvalue weighted by atomic mass is 35.5. The van der Waals surface area contributed by atoms with Gasteiger partial charge in [-0.05, 0) is 46.4 Å². The largest absolute Gasteiger partial charge is 0.312 e. The molecule has 0 saturated heterocycles. The van der Waals surface area contributed by atoms with E-state index in [0.717, 1.165) is 38.4 Å². The molecule has 0 atom stereocenters. The Hall–Kier alpha value is -0.290. The Balaban J connectivity index is 0. The van der Waals surface area contributed by atoms with Crippen molar-refractivity contribution < 1.29 is 0 Å². The first-order valence-electron chi connectivity index (χ1n) is 7.17. The average molecular weight is 325 g/mol. The highest BCUT2D eigenvalue weighted by Gasteiger charge is 2.03. The van der Waals surface area contributed by atoms with Crippen molar-refractivity contribution in [2.75, 3.05) is 26.2 Å². The van der Waals surface area contributed by atoms with Crippen LogP contribution in [-0.2, 0) is 13.1 Å². The van der Waals surface area contributed by atoms with E-state index in [2.05, 4.69) is 49.2 Å². The van der Waals surface area contributed by atoms with E-state index in [4.69, 9.17) is 0 Å². The molecule has 0 aromatic carbocycles. The van der Waals surface area contributed by atoms with Gasteiger partial charge in [0.15, 0.2) is 0 Å². The first-order valence-corrected chi connectivity index (χ1v) is 7.17. The molecule has 0 aliphatic rings. The molecule has 120 valence electrons. The predicted octanol–water partition coefficient (Wildman–Crippen LogP) is 2.88. The number of hydrogen-bond acceptors (Lipinski definition) is 3. The number of nitrogens with zero attached hydrogens (tertiary/aromatic N) is 3. The van der Waals surface area contributed by atoms with E-state index < -0.39 is 0 Å². The molecule has 0 saturated carbocycles. The molecule has 4 nitrogen and oxygen atoms in total. The summed E-state index contributed by atoms with van der Waals surface area (Å²) in [5.41, 5.74) is 2.47. The van der Waals surface area contributed by atoms with Gasteiger partial charge in [0.05, 0.1) is 5.69 Å². The maximum absolute atomic E-state index is 4.45. The van der Waals surface area contributed by atoms with Gasteiger partial charge in [0.2, 0.25) is 0 Å². The minimum Gasteiger partial charge on any atom is -0.312 e. The summed E-state index contributed by atoms with van der Waals surface area (Å²) in [6.45, 7) is 15.1. The van der Waals surface area contributed by atoms with Gasteiger partial charge in [-0.2, -0.15) is 5.10 Å². The molecule has 0 unspecified atom stereocenters. The fourth-order valence-corrected chi connectivity index (χ4v) is 2.09. The highest BCUT2D eigenvalue weighted by molar-refractivity contribution is 5.85. The van der Waals surface area contributed by atoms with Crippen molar-refractivity contribution >= 4 is 24.8 Å². The number of aryl methyl sites for hydroxylation is 2. The van der Waals surface area contributed by atoms with Gasteiger partial charge in [0, 0.05) is 24.8 Å². The minimum atomic E-state index is 0. The van der Waals surface area contributed by atoms with E-state index in [0.29, 0.717) is 0 Å². The molecule has 0 aliphatic carbocycles. The topological polar surface area (TPSA) is 33.1 Å². The molecular weight excluding hydrogens is 295 g/mol. The Kier molecular flexibility index (Phi) is 13.7. The first-order chi connectivity index (χ1) is 8.71. The second kappa shape index (κ2) is 12.5. The van der Waals surface area contributed by atoms with Gasteiger partial charge in [-0.25, -0.2) is 0 Å². The molecule has 1 rings (SSSR count). The molecule has 6 heteroatoms. The Morgan fingerprint density at radius 1 is 1.20 bits per heavy atom. The molecule has 0 aliphatic heterocycles. The maximum atomic E-state index is 4.45. The van der Waals surface area contributed by atoms with Gasteiger partial charge in [-0.3, -0.25) is 4.68 Å². The normalized spacial score (nSPS) is 10.2. The summed E-state index contributed by atoms with van der Waals surface area (Å²) in [7, 11) is 0. The predicted molar refractivity (Wildman–Crippen MR) is 91.2 cm³/mol. The van der Waals surface area contributed by atoms with Gasteiger partial charge in [-0.15, -0.1) is 24.8 Å². The van der Waals surface area contributed by atoms with Crippen molar-refractivity contribution in [1.82, 2.24) is 20.0 Å². The Labute approximate surface area is 136 Å². The quantitative estimate of drug-likeness (QED) is 0.709. The summed E-state index contributed by atoms with van der Waals surface area (Å²) in [4.78, 5) is 2.46. The summed E-state index contributed by atoms with van der Waals surface area (Å²) < 4.78 is 2.00. The minimum absolute atomic E-state index is 0. The van der Waals surface area contributed by atoms with Crippen LogP contribution >= 0.6 is 24.8 Å². The fourth-order valence-electron chi connectivity index (χ4n) is 2.09. The van der Waals surface area contributed by atoms with Gasteiger partial charge < -0.3 is 10.2 Å². The lowest BCUT2D eigenvalue weighted by atomic mass is 10.2. The lowest BCUT2D eigenvalue weighted by Gasteiger charge is -2.17. The molecule has 0 amide bonds. The van der Waals surface area contributed by atoms with Gasteiger partial charge in [-0.1, -0.05) is 13.8 Å². The van der Waals surface area contributed by atoms with E-state index in [1.165, 1.54) is 18.5 Å². The van der Waals surface area contributed by atoms with Crippen molar-refractivity contribution in [2.45, 2.75) is 47.2 Å². The summed E-state index contributed by atoms with van der Waals surface area (Å²) in [6, 6.07) is 0. The van der Waals surface area contributed by atoms with E-state index >= 15 is 0 Å². The summed E-state index contributed by atoms with van der Waals surface area (Å²) in [6.07, 6.45) is 3.36. The van der Waals surface area contributed by atoms with Crippen LogP contribution in [0.2, 0.25) is 0 Å². The van der Waals surface area contributed by atoms with Crippen LogP contribution in [0.3, 0.4) is 0 Å². The van der Waals surface area contributed by atoms with Crippen LogP contribution in [0, 0.1) is 6.92 Å². The fraction of sp³-hybridized carbons (Fsp3) is 0.786. The van der Waals surface area contributed by atoms with Crippen molar-refractivity contribution in [2.24, 2.45) is 0 Å². The zero-order valence-electron chi connectivity index (χ0n) is 13.2. The van der Waals surface area contributed by atoms with Gasteiger partial charge in [0.1, 0.15) is 0 Å². The second-order valence-corrected chi connectivity index (χ2v) is 4.65. The lowest BCUT2D eigenvalue weighted by molar-refractivity contribution is 0.298. The smallest absolute Gasteiger partial charge is 0.0638 e. The molecule has 0 spiro atoms. The second-order valence-electron chi connectivity index (χ2n) is 4.65. The third kappa shape index (κ3) is 7.48. The number of aromatic nitrogens is 2. The molecule has 1 heterocycles. The molecular formula is C14H30Cl2N4. The zero-order chi connectivity index (χ0) is 13.4. The molecule has 1 N–H and O–H groups in total. The number of halogens is 2. The van der Waals surface area contributed by atoms with Crippen LogP contribution in [0.25, 0.3) is 0 Å². The first kappa shape index (κ1) is 22.0. The lowest BCUT2D eigenvalue weighted by Crippen LogP contribution is -2.27. The number of nitrogens with one attached hydrogen (secondary N) is 1. The van der Waals surface area contributed by atoms with Crippen molar-refractivity contribution in [1.29, 1.82) is 0 Å². The standard InChI is InChI=1S/C14H28N4.2ClH/c1-5-17(6-2)10-8-9-15-11-14-12-18(7-3)16-13(14)4;;/h12,15H,5-11H2,1-4H3;2*1H. The van der Waals surface area contributed by atoms with Crippen LogP contribution in [-0.4, -0.2) is 40.9 Å². The van der Waals surface area contributed by atoms with Crippen LogP contribution in [0.15, 0.2) is 6.20 Å². The van der Waals surface area contributed by atoms with Gasteiger partial charge in [0.25, 0.3) is 0 Å². The van der Waals surface area contributed by atoms with E-state index in [9.17, 15) is 0 Å². The highest BCUT2D eigenvalue weighted by Crippen LogP contribution is 2.04. The zero-order valence-corrected chi connectivity index (χ0v) is 14.8. The van der Waals surface area contributed by atoms with Crippen LogP contribution in [0.4, 0.5) is 0 Å². The molecule has 1 aromatic heterocycles. The van der Waals surface area contributed by atoms with Crippen LogP contribution in [0.1, 0.15) is 38.4 Å². The molecule has 1 aromatic rings. The molecule has 0 radical (unpaired) electrons. The number of hydrogen-bond donors (Lipinski definition) is 1. The van der Waals surface area contributed by atoms with Gasteiger partial charge >= 0.3 is 0 Å². The van der Waals surface area contributed by atoms with Crippen molar-refractivity contribution in [3.05, 3.63) is 17.5 Å². The van der Waals surface area contributed by atoms with E-state index in [1.54, 1.807) is 0 Å². The Morgan fingerprint density at radius 2 is 1.85 bits per heavy atom. The third-order valence-corrected chi connectivity index (χ3v) is 3.41.